The van der Waals surface area contributed by atoms with Crippen molar-refractivity contribution in [1.29, 1.82) is 0 Å². The van der Waals surface area contributed by atoms with Gasteiger partial charge in [0.2, 0.25) is 0 Å². The summed E-state index contributed by atoms with van der Waals surface area (Å²) in [5.74, 6) is 1.04. The Bertz CT molecular complexity index is 175. The van der Waals surface area contributed by atoms with Crippen LogP contribution in [0.25, 0.3) is 0 Å². The first kappa shape index (κ1) is 11.0. The lowest BCUT2D eigenvalue weighted by Gasteiger charge is -2.23. The lowest BCUT2D eigenvalue weighted by Crippen LogP contribution is -2.27. The third kappa shape index (κ3) is 2.23. The van der Waals surface area contributed by atoms with Gasteiger partial charge in [-0.1, -0.05) is 13.8 Å². The van der Waals surface area contributed by atoms with E-state index < -0.39 is 0 Å². The van der Waals surface area contributed by atoms with E-state index in [1.165, 1.54) is 0 Å². The third-order valence-corrected chi connectivity index (χ3v) is 3.14. The predicted molar refractivity (Wildman–Crippen MR) is 53.5 cm³/mol. The van der Waals surface area contributed by atoms with Crippen LogP contribution in [0.15, 0.2) is 0 Å². The summed E-state index contributed by atoms with van der Waals surface area (Å²) in [6, 6.07) is 0. The van der Waals surface area contributed by atoms with E-state index >= 15 is 0 Å². The highest BCUT2D eigenvalue weighted by Crippen LogP contribution is 2.40. The van der Waals surface area contributed by atoms with Crippen molar-refractivity contribution in [3.05, 3.63) is 0 Å². The van der Waals surface area contributed by atoms with Gasteiger partial charge in [-0.05, 0) is 33.6 Å². The van der Waals surface area contributed by atoms with Crippen LogP contribution in [-0.2, 0) is 9.47 Å². The molecule has 1 saturated heterocycles. The lowest BCUT2D eigenvalue weighted by molar-refractivity contribution is -0.186. The molecular formula is C11H22O2. The van der Waals surface area contributed by atoms with E-state index in [0.717, 1.165) is 0 Å². The molecule has 1 fully saturated rings. The minimum atomic E-state index is -0.0427. The number of hydrogen-bond donors (Lipinski definition) is 0. The molecule has 1 heterocycles. The second-order valence-corrected chi connectivity index (χ2v) is 4.92. The zero-order valence-corrected chi connectivity index (χ0v) is 9.63. The Morgan fingerprint density at radius 2 is 1.77 bits per heavy atom. The fourth-order valence-electron chi connectivity index (χ4n) is 1.80. The van der Waals surface area contributed by atoms with Crippen molar-refractivity contribution in [3.8, 4) is 0 Å². The van der Waals surface area contributed by atoms with Gasteiger partial charge in [-0.25, -0.2) is 0 Å². The molecule has 13 heavy (non-hydrogen) atoms. The Balaban J connectivity index is 2.61. The standard InChI is InChI=1S/C11H22O2/c1-7(2)12-10-8(3)9(4)11(5,6)13-10/h7-10H,1-6H3. The molecule has 3 atom stereocenters. The maximum atomic E-state index is 5.86. The van der Waals surface area contributed by atoms with Gasteiger partial charge in [0, 0.05) is 5.92 Å². The minimum Gasteiger partial charge on any atom is -0.350 e. The average molecular weight is 186 g/mol. The molecule has 78 valence electrons. The summed E-state index contributed by atoms with van der Waals surface area (Å²) < 4.78 is 11.6. The largest absolute Gasteiger partial charge is 0.350 e. The molecule has 0 aromatic carbocycles. The Hall–Kier alpha value is -0.0800. The van der Waals surface area contributed by atoms with Crippen molar-refractivity contribution in [2.45, 2.75) is 59.5 Å². The monoisotopic (exact) mass is 186 g/mol. The lowest BCUT2D eigenvalue weighted by atomic mass is 9.86. The Labute approximate surface area is 81.6 Å². The van der Waals surface area contributed by atoms with Crippen molar-refractivity contribution in [2.24, 2.45) is 11.8 Å². The maximum absolute atomic E-state index is 5.86. The fourth-order valence-corrected chi connectivity index (χ4v) is 1.80. The summed E-state index contributed by atoms with van der Waals surface area (Å²) in [5.41, 5.74) is -0.0427. The van der Waals surface area contributed by atoms with Crippen molar-refractivity contribution < 1.29 is 9.47 Å². The van der Waals surface area contributed by atoms with E-state index in [0.29, 0.717) is 11.8 Å². The number of ether oxygens (including phenoxy) is 2. The average Bonchev–Trinajstić information content (AvgIpc) is 2.13. The highest BCUT2D eigenvalue weighted by Gasteiger charge is 2.45. The molecular weight excluding hydrogens is 164 g/mol. The smallest absolute Gasteiger partial charge is 0.161 e. The van der Waals surface area contributed by atoms with Crippen molar-refractivity contribution >= 4 is 0 Å². The zero-order chi connectivity index (χ0) is 10.2. The Morgan fingerprint density at radius 1 is 1.23 bits per heavy atom. The summed E-state index contributed by atoms with van der Waals surface area (Å²) in [7, 11) is 0. The Morgan fingerprint density at radius 3 is 2.08 bits per heavy atom. The molecule has 0 bridgehead atoms. The summed E-state index contributed by atoms with van der Waals surface area (Å²) in [6.07, 6.45) is 0.221. The number of hydrogen-bond acceptors (Lipinski definition) is 2. The molecule has 1 aliphatic heterocycles. The molecule has 0 saturated carbocycles. The van der Waals surface area contributed by atoms with Crippen molar-refractivity contribution in [3.63, 3.8) is 0 Å². The SMILES string of the molecule is CC(C)OC1OC(C)(C)C(C)C1C. The van der Waals surface area contributed by atoms with E-state index in [2.05, 4.69) is 27.7 Å². The van der Waals surface area contributed by atoms with Crippen molar-refractivity contribution in [1.82, 2.24) is 0 Å². The first-order valence-corrected chi connectivity index (χ1v) is 5.18. The normalized spacial score (nSPS) is 38.5. The van der Waals surface area contributed by atoms with Gasteiger partial charge in [-0.2, -0.15) is 0 Å². The molecule has 1 rings (SSSR count). The van der Waals surface area contributed by atoms with Crippen LogP contribution in [0.1, 0.15) is 41.5 Å². The second kappa shape index (κ2) is 3.58. The van der Waals surface area contributed by atoms with E-state index in [1.807, 2.05) is 13.8 Å². The van der Waals surface area contributed by atoms with Crippen LogP contribution in [0.4, 0.5) is 0 Å². The molecule has 0 aromatic heterocycles. The topological polar surface area (TPSA) is 18.5 Å². The highest BCUT2D eigenvalue weighted by atomic mass is 16.7. The van der Waals surface area contributed by atoms with Gasteiger partial charge in [-0.3, -0.25) is 0 Å². The van der Waals surface area contributed by atoms with Crippen LogP contribution in [0.3, 0.4) is 0 Å². The molecule has 0 amide bonds. The van der Waals surface area contributed by atoms with Gasteiger partial charge in [0.25, 0.3) is 0 Å². The maximum Gasteiger partial charge on any atom is 0.161 e. The molecule has 0 radical (unpaired) electrons. The van der Waals surface area contributed by atoms with Gasteiger partial charge >= 0.3 is 0 Å². The zero-order valence-electron chi connectivity index (χ0n) is 9.63. The van der Waals surface area contributed by atoms with Gasteiger partial charge in [0.1, 0.15) is 0 Å². The van der Waals surface area contributed by atoms with Gasteiger partial charge < -0.3 is 9.47 Å². The molecule has 1 aliphatic rings. The van der Waals surface area contributed by atoms with Crippen LogP contribution in [0.2, 0.25) is 0 Å². The first-order valence-electron chi connectivity index (χ1n) is 5.18. The van der Waals surface area contributed by atoms with Crippen LogP contribution in [0, 0.1) is 11.8 Å². The predicted octanol–water partition coefficient (Wildman–Crippen LogP) is 2.82. The summed E-state index contributed by atoms with van der Waals surface area (Å²) in [4.78, 5) is 0. The third-order valence-electron chi connectivity index (χ3n) is 3.14. The van der Waals surface area contributed by atoms with Crippen LogP contribution >= 0.6 is 0 Å². The molecule has 0 N–H and O–H groups in total. The van der Waals surface area contributed by atoms with E-state index in [1.54, 1.807) is 0 Å². The van der Waals surface area contributed by atoms with Gasteiger partial charge in [-0.15, -0.1) is 0 Å². The highest BCUT2D eigenvalue weighted by molar-refractivity contribution is 4.88. The number of rotatable bonds is 2. The summed E-state index contributed by atoms with van der Waals surface area (Å²) >= 11 is 0. The van der Waals surface area contributed by atoms with Gasteiger partial charge in [0.05, 0.1) is 11.7 Å². The molecule has 0 spiro atoms. The van der Waals surface area contributed by atoms with Crippen molar-refractivity contribution in [2.75, 3.05) is 0 Å². The summed E-state index contributed by atoms with van der Waals surface area (Å²) in [5, 5.41) is 0. The molecule has 2 heteroatoms. The van der Waals surface area contributed by atoms with E-state index in [-0.39, 0.29) is 18.0 Å². The van der Waals surface area contributed by atoms with E-state index in [9.17, 15) is 0 Å². The second-order valence-electron chi connectivity index (χ2n) is 4.92. The molecule has 0 aromatic rings. The first-order chi connectivity index (χ1) is 5.84. The fraction of sp³-hybridized carbons (Fsp3) is 1.00. The van der Waals surface area contributed by atoms with Crippen LogP contribution in [-0.4, -0.2) is 18.0 Å². The minimum absolute atomic E-state index is 0.0231. The van der Waals surface area contributed by atoms with E-state index in [4.69, 9.17) is 9.47 Å². The summed E-state index contributed by atoms with van der Waals surface area (Å²) in [6.45, 7) is 12.8. The quantitative estimate of drug-likeness (QED) is 0.660. The van der Waals surface area contributed by atoms with Crippen LogP contribution < -0.4 is 0 Å². The van der Waals surface area contributed by atoms with Crippen LogP contribution in [0.5, 0.6) is 0 Å². The Kier molecular flexibility index (Phi) is 3.03. The van der Waals surface area contributed by atoms with Gasteiger partial charge in [0.15, 0.2) is 6.29 Å². The molecule has 0 aliphatic carbocycles. The molecule has 2 nitrogen and oxygen atoms in total. The molecule has 3 unspecified atom stereocenters.